The number of carbonyl (C=O) groups excluding carboxylic acids is 3. The van der Waals surface area contributed by atoms with Gasteiger partial charge in [0.2, 0.25) is 5.91 Å². The molecule has 1 fully saturated rings. The van der Waals surface area contributed by atoms with Gasteiger partial charge in [0.1, 0.15) is 18.2 Å². The zero-order chi connectivity index (χ0) is 20.0. The molecule has 9 heteroatoms. The number of methoxy groups -OCH3 is 1. The van der Waals surface area contributed by atoms with Crippen molar-refractivity contribution in [3.05, 3.63) is 35.9 Å². The maximum atomic E-state index is 11.9. The van der Waals surface area contributed by atoms with Crippen molar-refractivity contribution >= 4 is 23.9 Å². The highest BCUT2D eigenvalue weighted by Crippen LogP contribution is 2.33. The predicted octanol–water partition coefficient (Wildman–Crippen LogP) is 0.920. The Morgan fingerprint density at radius 3 is 2.52 bits per heavy atom. The van der Waals surface area contributed by atoms with Crippen molar-refractivity contribution in [3.8, 4) is 0 Å². The lowest BCUT2D eigenvalue weighted by atomic mass is 9.85. The van der Waals surface area contributed by atoms with E-state index in [2.05, 4.69) is 10.1 Å². The molecule has 1 heterocycles. The van der Waals surface area contributed by atoms with E-state index in [-0.39, 0.29) is 31.9 Å². The van der Waals surface area contributed by atoms with E-state index in [1.807, 2.05) is 6.07 Å². The summed E-state index contributed by atoms with van der Waals surface area (Å²) < 4.78 is 9.70. The number of aliphatic carboxylic acids is 1. The first-order valence-electron chi connectivity index (χ1n) is 8.37. The number of alkyl carbamates (subject to hydrolysis) is 1. The van der Waals surface area contributed by atoms with Gasteiger partial charge >= 0.3 is 18.0 Å². The van der Waals surface area contributed by atoms with E-state index < -0.39 is 29.6 Å². The van der Waals surface area contributed by atoms with Crippen molar-refractivity contribution in [3.63, 3.8) is 0 Å². The molecule has 0 aromatic heterocycles. The Hall–Kier alpha value is -3.10. The number of hydrogen-bond donors (Lipinski definition) is 2. The number of β-lactam (4-membered cyclic amide) rings is 1. The van der Waals surface area contributed by atoms with Crippen LogP contribution in [0.5, 0.6) is 0 Å². The lowest BCUT2D eigenvalue weighted by Crippen LogP contribution is -2.67. The number of likely N-dealkylation sites (tertiary alicyclic amines) is 1. The van der Waals surface area contributed by atoms with E-state index in [0.717, 1.165) is 5.56 Å². The van der Waals surface area contributed by atoms with Gasteiger partial charge in [-0.05, 0) is 18.9 Å². The molecule has 0 spiro atoms. The second-order valence-corrected chi connectivity index (χ2v) is 6.37. The third-order valence-corrected chi connectivity index (χ3v) is 4.46. The fourth-order valence-electron chi connectivity index (χ4n) is 2.87. The summed E-state index contributed by atoms with van der Waals surface area (Å²) in [5.74, 6) is -2.11. The van der Waals surface area contributed by atoms with Gasteiger partial charge in [0, 0.05) is 6.54 Å². The van der Waals surface area contributed by atoms with Crippen LogP contribution in [-0.2, 0) is 30.5 Å². The van der Waals surface area contributed by atoms with Gasteiger partial charge < -0.3 is 24.8 Å². The highest BCUT2D eigenvalue weighted by Gasteiger charge is 2.53. The quantitative estimate of drug-likeness (QED) is 0.509. The van der Waals surface area contributed by atoms with Gasteiger partial charge in [-0.1, -0.05) is 30.3 Å². The van der Waals surface area contributed by atoms with Crippen LogP contribution in [0.4, 0.5) is 4.79 Å². The van der Waals surface area contributed by atoms with Gasteiger partial charge in [-0.2, -0.15) is 0 Å². The Kier molecular flexibility index (Phi) is 6.38. The van der Waals surface area contributed by atoms with Gasteiger partial charge in [0.25, 0.3) is 0 Å². The first kappa shape index (κ1) is 20.2. The van der Waals surface area contributed by atoms with Crippen LogP contribution in [0.25, 0.3) is 0 Å². The van der Waals surface area contributed by atoms with E-state index in [1.165, 1.54) is 12.0 Å². The molecule has 0 bridgehead atoms. The zero-order valence-corrected chi connectivity index (χ0v) is 15.1. The minimum absolute atomic E-state index is 0.00393. The molecule has 1 aliphatic heterocycles. The Morgan fingerprint density at radius 2 is 1.96 bits per heavy atom. The Balaban J connectivity index is 1.88. The largest absolute Gasteiger partial charge is 0.480 e. The highest BCUT2D eigenvalue weighted by atomic mass is 16.5. The number of nitrogens with zero attached hydrogens (tertiary/aromatic N) is 1. The van der Waals surface area contributed by atoms with Crippen LogP contribution in [0.1, 0.15) is 25.3 Å². The minimum atomic E-state index is -1.26. The summed E-state index contributed by atoms with van der Waals surface area (Å²) in [5.41, 5.74) is -0.345. The number of nitrogens with one attached hydrogen (secondary N) is 1. The Labute approximate surface area is 156 Å². The smallest absolute Gasteiger partial charge is 0.408 e. The fourth-order valence-corrected chi connectivity index (χ4v) is 2.87. The number of hydrogen-bond acceptors (Lipinski definition) is 6. The van der Waals surface area contributed by atoms with E-state index in [9.17, 15) is 24.3 Å². The summed E-state index contributed by atoms with van der Waals surface area (Å²) in [4.78, 5) is 48.1. The van der Waals surface area contributed by atoms with Crippen molar-refractivity contribution in [2.75, 3.05) is 13.7 Å². The molecule has 9 nitrogen and oxygen atoms in total. The molecule has 2 N–H and O–H groups in total. The highest BCUT2D eigenvalue weighted by molar-refractivity contribution is 5.98. The van der Waals surface area contributed by atoms with E-state index in [0.29, 0.717) is 0 Å². The molecular formula is C18H22N2O7. The van der Waals surface area contributed by atoms with E-state index in [4.69, 9.17) is 4.74 Å². The van der Waals surface area contributed by atoms with Crippen LogP contribution in [0.2, 0.25) is 0 Å². The molecule has 1 aliphatic rings. The van der Waals surface area contributed by atoms with E-state index >= 15 is 0 Å². The normalized spacial score (nSPS) is 19.6. The summed E-state index contributed by atoms with van der Waals surface area (Å²) in [6, 6.07) is 7.68. The molecule has 2 atom stereocenters. The van der Waals surface area contributed by atoms with Crippen molar-refractivity contribution in [2.24, 2.45) is 0 Å². The number of rotatable bonds is 8. The lowest BCUT2D eigenvalue weighted by Gasteiger charge is -2.47. The standard InChI is InChI=1S/C18H22N2O7/c1-18(16(24)26-2)10-14(21)20(18)9-8-13(15(22)23)19-17(25)27-11-12-6-4-3-5-7-12/h3-7,13H,8-11H2,1-2H3,(H,19,25)(H,22,23)/t13-,18?/m0/s1. The molecular weight excluding hydrogens is 356 g/mol. The molecule has 1 saturated heterocycles. The molecule has 0 radical (unpaired) electrons. The molecule has 2 amide bonds. The monoisotopic (exact) mass is 378 g/mol. The third-order valence-electron chi connectivity index (χ3n) is 4.46. The predicted molar refractivity (Wildman–Crippen MR) is 92.6 cm³/mol. The number of ether oxygens (including phenoxy) is 2. The lowest BCUT2D eigenvalue weighted by molar-refractivity contribution is -0.176. The number of carboxylic acid groups (broad SMARTS) is 1. The van der Waals surface area contributed by atoms with Crippen LogP contribution in [0.15, 0.2) is 30.3 Å². The average Bonchev–Trinajstić information content (AvgIpc) is 2.65. The molecule has 146 valence electrons. The number of esters is 1. The van der Waals surface area contributed by atoms with Crippen LogP contribution >= 0.6 is 0 Å². The maximum absolute atomic E-state index is 11.9. The van der Waals surface area contributed by atoms with Crippen molar-refractivity contribution in [2.45, 2.75) is 38.0 Å². The van der Waals surface area contributed by atoms with Crippen LogP contribution in [0, 0.1) is 0 Å². The zero-order valence-electron chi connectivity index (χ0n) is 15.1. The second-order valence-electron chi connectivity index (χ2n) is 6.37. The summed E-state index contributed by atoms with van der Waals surface area (Å²) in [6.07, 6.45) is -0.949. The molecule has 0 aliphatic carbocycles. The van der Waals surface area contributed by atoms with Gasteiger partial charge in [0.15, 0.2) is 0 Å². The SMILES string of the molecule is COC(=O)C1(C)CC(=O)N1CC[C@H](NC(=O)OCc1ccccc1)C(=O)O. The number of amides is 2. The van der Waals surface area contributed by atoms with Crippen molar-refractivity contribution in [1.82, 2.24) is 10.2 Å². The molecule has 1 unspecified atom stereocenters. The second kappa shape index (κ2) is 8.52. The first-order chi connectivity index (χ1) is 12.8. The summed E-state index contributed by atoms with van der Waals surface area (Å²) in [6.45, 7) is 1.54. The van der Waals surface area contributed by atoms with Crippen LogP contribution in [-0.4, -0.2) is 59.2 Å². The summed E-state index contributed by atoms with van der Waals surface area (Å²) >= 11 is 0. The van der Waals surface area contributed by atoms with Gasteiger partial charge in [0.05, 0.1) is 13.5 Å². The maximum Gasteiger partial charge on any atom is 0.408 e. The van der Waals surface area contributed by atoms with Gasteiger partial charge in [-0.25, -0.2) is 14.4 Å². The Bertz CT molecular complexity index is 722. The number of carboxylic acids is 1. The Morgan fingerprint density at radius 1 is 1.30 bits per heavy atom. The fraction of sp³-hybridized carbons (Fsp3) is 0.444. The van der Waals surface area contributed by atoms with Gasteiger partial charge in [-0.15, -0.1) is 0 Å². The van der Waals surface area contributed by atoms with Crippen LogP contribution in [0.3, 0.4) is 0 Å². The molecule has 2 rings (SSSR count). The molecule has 27 heavy (non-hydrogen) atoms. The van der Waals surface area contributed by atoms with Gasteiger partial charge in [-0.3, -0.25) is 4.79 Å². The van der Waals surface area contributed by atoms with Crippen molar-refractivity contribution < 1.29 is 33.8 Å². The average molecular weight is 378 g/mol. The summed E-state index contributed by atoms with van der Waals surface area (Å²) in [7, 11) is 1.22. The topological polar surface area (TPSA) is 122 Å². The van der Waals surface area contributed by atoms with Crippen molar-refractivity contribution in [1.29, 1.82) is 0 Å². The summed E-state index contributed by atoms with van der Waals surface area (Å²) in [5, 5.41) is 11.6. The third kappa shape index (κ3) is 4.75. The number of carbonyl (C=O) groups is 4. The first-order valence-corrected chi connectivity index (χ1v) is 8.37. The molecule has 1 aromatic rings. The minimum Gasteiger partial charge on any atom is -0.480 e. The van der Waals surface area contributed by atoms with Crippen LogP contribution < -0.4 is 5.32 Å². The van der Waals surface area contributed by atoms with E-state index in [1.54, 1.807) is 31.2 Å². The number of benzene rings is 1. The molecule has 1 aromatic carbocycles. The molecule has 0 saturated carbocycles.